The second kappa shape index (κ2) is 6.33. The van der Waals surface area contributed by atoms with Crippen molar-refractivity contribution in [3.05, 3.63) is 26.7 Å². The Morgan fingerprint density at radius 2 is 2.12 bits per heavy atom. The van der Waals surface area contributed by atoms with E-state index in [0.717, 1.165) is 10.9 Å². The van der Waals surface area contributed by atoms with Gasteiger partial charge in [0, 0.05) is 11.0 Å². The summed E-state index contributed by atoms with van der Waals surface area (Å²) < 4.78 is 0.744. The number of aliphatic imine (C=N–C) groups is 1. The fourth-order valence-electron chi connectivity index (χ4n) is 1.03. The van der Waals surface area contributed by atoms with Gasteiger partial charge >= 0.3 is 0 Å². The van der Waals surface area contributed by atoms with Crippen LogP contribution in [-0.2, 0) is 0 Å². The van der Waals surface area contributed by atoms with Gasteiger partial charge in [0.05, 0.1) is 15.7 Å². The molecule has 0 aliphatic rings. The van der Waals surface area contributed by atoms with E-state index in [1.807, 2.05) is 6.92 Å². The van der Waals surface area contributed by atoms with Gasteiger partial charge in [-0.2, -0.15) is 0 Å². The summed E-state index contributed by atoms with van der Waals surface area (Å²) in [5, 5.41) is 3.78. The molecule has 6 heteroatoms. The maximum Gasteiger partial charge on any atom is 0.193 e. The first-order valence-electron chi connectivity index (χ1n) is 4.76. The lowest BCUT2D eigenvalue weighted by atomic mass is 10.3. The Hall–Kier alpha value is -0.450. The van der Waals surface area contributed by atoms with E-state index in [1.165, 1.54) is 0 Å². The molecule has 16 heavy (non-hydrogen) atoms. The molecule has 88 valence electrons. The first-order chi connectivity index (χ1) is 7.56. The van der Waals surface area contributed by atoms with Gasteiger partial charge in [-0.3, -0.25) is 4.99 Å². The van der Waals surface area contributed by atoms with Crippen LogP contribution >= 0.6 is 39.1 Å². The largest absolute Gasteiger partial charge is 0.370 e. The second-order valence-electron chi connectivity index (χ2n) is 3.11. The van der Waals surface area contributed by atoms with E-state index in [9.17, 15) is 0 Å². The van der Waals surface area contributed by atoms with Crippen molar-refractivity contribution >= 4 is 50.8 Å². The summed E-state index contributed by atoms with van der Waals surface area (Å²) in [7, 11) is 0. The van der Waals surface area contributed by atoms with Gasteiger partial charge < -0.3 is 11.1 Å². The predicted molar refractivity (Wildman–Crippen MR) is 74.6 cm³/mol. The normalized spacial score (nSPS) is 11.6. The highest BCUT2D eigenvalue weighted by molar-refractivity contribution is 9.10. The van der Waals surface area contributed by atoms with Crippen molar-refractivity contribution < 1.29 is 0 Å². The zero-order valence-electron chi connectivity index (χ0n) is 8.73. The third kappa shape index (κ3) is 3.54. The number of hydrogen-bond donors (Lipinski definition) is 2. The molecule has 0 saturated heterocycles. The molecule has 1 aromatic rings. The first-order valence-corrected chi connectivity index (χ1v) is 6.31. The van der Waals surface area contributed by atoms with Gasteiger partial charge in [0.2, 0.25) is 0 Å². The minimum atomic E-state index is 0.335. The average Bonchev–Trinajstić information content (AvgIpc) is 2.27. The molecule has 0 heterocycles. The van der Waals surface area contributed by atoms with Crippen LogP contribution in [-0.4, -0.2) is 12.5 Å². The summed E-state index contributed by atoms with van der Waals surface area (Å²) >= 11 is 15.3. The average molecular weight is 325 g/mol. The zero-order valence-corrected chi connectivity index (χ0v) is 11.8. The lowest BCUT2D eigenvalue weighted by Crippen LogP contribution is -2.23. The molecule has 0 bridgehead atoms. The second-order valence-corrected chi connectivity index (χ2v) is 4.73. The zero-order chi connectivity index (χ0) is 12.1. The first kappa shape index (κ1) is 13.6. The molecule has 3 N–H and O–H groups in total. The number of benzene rings is 1. The molecule has 0 unspecified atom stereocenters. The molecule has 0 amide bonds. The van der Waals surface area contributed by atoms with Gasteiger partial charge in [0.15, 0.2) is 5.96 Å². The molecule has 0 spiro atoms. The molecular formula is C10H12BrCl2N3. The molecule has 0 saturated carbocycles. The quantitative estimate of drug-likeness (QED) is 0.503. The third-order valence-corrected chi connectivity index (χ3v) is 3.57. The Morgan fingerprint density at radius 3 is 2.75 bits per heavy atom. The van der Waals surface area contributed by atoms with Crippen molar-refractivity contribution in [2.45, 2.75) is 13.3 Å². The highest BCUT2D eigenvalue weighted by atomic mass is 79.9. The predicted octanol–water partition coefficient (Wildman–Crippen LogP) is 3.89. The third-order valence-electron chi connectivity index (χ3n) is 1.80. The minimum absolute atomic E-state index is 0.335. The SMILES string of the molecule is CCCN=C(N)Nc1ccc(Br)c(Cl)c1Cl. The van der Waals surface area contributed by atoms with E-state index in [4.69, 9.17) is 28.9 Å². The fraction of sp³-hybridized carbons (Fsp3) is 0.300. The number of rotatable bonds is 3. The molecule has 0 aliphatic carbocycles. The number of hydrogen-bond acceptors (Lipinski definition) is 1. The van der Waals surface area contributed by atoms with E-state index < -0.39 is 0 Å². The van der Waals surface area contributed by atoms with Crippen LogP contribution in [0.25, 0.3) is 0 Å². The van der Waals surface area contributed by atoms with Crippen molar-refractivity contribution in [3.8, 4) is 0 Å². The highest BCUT2D eigenvalue weighted by Crippen LogP contribution is 2.35. The van der Waals surface area contributed by atoms with Crippen LogP contribution in [0.4, 0.5) is 5.69 Å². The standard InChI is InChI=1S/C10H12BrCl2N3/c1-2-5-15-10(14)16-7-4-3-6(11)8(12)9(7)13/h3-4H,2,5H2,1H3,(H3,14,15,16). The van der Waals surface area contributed by atoms with Crippen LogP contribution < -0.4 is 11.1 Å². The summed E-state index contributed by atoms with van der Waals surface area (Å²) in [5.74, 6) is 0.335. The molecule has 1 aromatic carbocycles. The molecule has 0 radical (unpaired) electrons. The Balaban J connectivity index is 2.86. The molecule has 0 aliphatic heterocycles. The lowest BCUT2D eigenvalue weighted by Gasteiger charge is -2.09. The molecule has 3 nitrogen and oxygen atoms in total. The maximum absolute atomic E-state index is 6.04. The van der Waals surface area contributed by atoms with Crippen LogP contribution in [0.3, 0.4) is 0 Å². The van der Waals surface area contributed by atoms with Crippen molar-refractivity contribution in [2.24, 2.45) is 10.7 Å². The molecule has 0 atom stereocenters. The smallest absolute Gasteiger partial charge is 0.193 e. The Labute approximate surface area is 113 Å². The number of guanidine groups is 1. The van der Waals surface area contributed by atoms with Crippen LogP contribution in [0.15, 0.2) is 21.6 Å². The van der Waals surface area contributed by atoms with Crippen LogP contribution in [0.5, 0.6) is 0 Å². The molecule has 0 fully saturated rings. The van der Waals surface area contributed by atoms with E-state index in [2.05, 4.69) is 26.2 Å². The van der Waals surface area contributed by atoms with Gasteiger partial charge in [-0.1, -0.05) is 30.1 Å². The molecule has 0 aromatic heterocycles. The maximum atomic E-state index is 6.04. The van der Waals surface area contributed by atoms with Gasteiger partial charge in [-0.15, -0.1) is 0 Å². The Morgan fingerprint density at radius 1 is 1.44 bits per heavy atom. The van der Waals surface area contributed by atoms with Crippen LogP contribution in [0, 0.1) is 0 Å². The molecule has 1 rings (SSSR count). The van der Waals surface area contributed by atoms with Gasteiger partial charge in [0.1, 0.15) is 0 Å². The Bertz CT molecular complexity index is 407. The summed E-state index contributed by atoms with van der Waals surface area (Å²) in [6.45, 7) is 2.71. The molecular weight excluding hydrogens is 313 g/mol. The van der Waals surface area contributed by atoms with E-state index in [-0.39, 0.29) is 0 Å². The monoisotopic (exact) mass is 323 g/mol. The van der Waals surface area contributed by atoms with Crippen molar-refractivity contribution in [2.75, 3.05) is 11.9 Å². The summed E-state index contributed by atoms with van der Waals surface area (Å²) in [6.07, 6.45) is 0.942. The van der Waals surface area contributed by atoms with Crippen LogP contribution in [0.1, 0.15) is 13.3 Å². The number of nitrogens with zero attached hydrogens (tertiary/aromatic N) is 1. The van der Waals surface area contributed by atoms with Crippen molar-refractivity contribution in [1.29, 1.82) is 0 Å². The summed E-state index contributed by atoms with van der Waals surface area (Å²) in [5.41, 5.74) is 6.32. The van der Waals surface area contributed by atoms with E-state index in [0.29, 0.717) is 28.2 Å². The van der Waals surface area contributed by atoms with Gasteiger partial charge in [-0.05, 0) is 34.5 Å². The lowest BCUT2D eigenvalue weighted by molar-refractivity contribution is 0.929. The summed E-state index contributed by atoms with van der Waals surface area (Å²) in [6, 6.07) is 3.58. The Kier molecular flexibility index (Phi) is 5.38. The van der Waals surface area contributed by atoms with Gasteiger partial charge in [-0.25, -0.2) is 0 Å². The number of halogens is 3. The summed E-state index contributed by atoms with van der Waals surface area (Å²) in [4.78, 5) is 4.10. The fourth-order valence-corrected chi connectivity index (χ4v) is 1.85. The van der Waals surface area contributed by atoms with Crippen LogP contribution in [0.2, 0.25) is 10.0 Å². The highest BCUT2D eigenvalue weighted by Gasteiger charge is 2.08. The number of nitrogens with two attached hydrogens (primary N) is 1. The van der Waals surface area contributed by atoms with Gasteiger partial charge in [0.25, 0.3) is 0 Å². The van der Waals surface area contributed by atoms with Crippen molar-refractivity contribution in [3.63, 3.8) is 0 Å². The number of nitrogens with one attached hydrogen (secondary N) is 1. The van der Waals surface area contributed by atoms with Crippen molar-refractivity contribution in [1.82, 2.24) is 0 Å². The minimum Gasteiger partial charge on any atom is -0.370 e. The number of anilines is 1. The van der Waals surface area contributed by atoms with E-state index >= 15 is 0 Å². The van der Waals surface area contributed by atoms with E-state index in [1.54, 1.807) is 12.1 Å². The topological polar surface area (TPSA) is 50.4 Å².